The Bertz CT molecular complexity index is 429. The Balaban J connectivity index is 1.95. The van der Waals surface area contributed by atoms with Crippen molar-refractivity contribution in [3.8, 4) is 0 Å². The smallest absolute Gasteiger partial charge is 0.304 e. The van der Waals surface area contributed by atoms with Crippen LogP contribution in [0.15, 0.2) is 18.2 Å². The lowest BCUT2D eigenvalue weighted by atomic mass is 9.90. The maximum Gasteiger partial charge on any atom is 0.304 e. The van der Waals surface area contributed by atoms with Crippen molar-refractivity contribution in [2.75, 3.05) is 13.6 Å². The van der Waals surface area contributed by atoms with Gasteiger partial charge in [-0.15, -0.1) is 0 Å². The second-order valence-corrected chi connectivity index (χ2v) is 5.19. The summed E-state index contributed by atoms with van der Waals surface area (Å²) in [7, 11) is 1.97. The van der Waals surface area contributed by atoms with E-state index in [1.807, 2.05) is 7.05 Å². The number of hydrogen-bond acceptors (Lipinski definition) is 2. The fourth-order valence-corrected chi connectivity index (χ4v) is 2.56. The summed E-state index contributed by atoms with van der Waals surface area (Å²) in [4.78, 5) is 12.6. The first kappa shape index (κ1) is 13.1. The van der Waals surface area contributed by atoms with Gasteiger partial charge < -0.3 is 10.0 Å². The molecule has 18 heavy (non-hydrogen) atoms. The maximum absolute atomic E-state index is 10.5. The van der Waals surface area contributed by atoms with Gasteiger partial charge in [-0.1, -0.05) is 18.2 Å². The normalized spacial score (nSPS) is 14.6. The van der Waals surface area contributed by atoms with E-state index in [-0.39, 0.29) is 6.42 Å². The van der Waals surface area contributed by atoms with E-state index >= 15 is 0 Å². The largest absolute Gasteiger partial charge is 0.481 e. The summed E-state index contributed by atoms with van der Waals surface area (Å²) in [6.45, 7) is 1.44. The minimum atomic E-state index is -0.729. The van der Waals surface area contributed by atoms with Crippen LogP contribution in [0.25, 0.3) is 0 Å². The summed E-state index contributed by atoms with van der Waals surface area (Å²) < 4.78 is 0. The summed E-state index contributed by atoms with van der Waals surface area (Å²) >= 11 is 0. The number of aryl methyl sites for hydroxylation is 2. The number of nitrogens with zero attached hydrogens (tertiary/aromatic N) is 1. The van der Waals surface area contributed by atoms with Crippen LogP contribution < -0.4 is 0 Å². The molecule has 0 aliphatic heterocycles. The summed E-state index contributed by atoms with van der Waals surface area (Å²) in [5.74, 6) is -0.729. The minimum Gasteiger partial charge on any atom is -0.481 e. The quantitative estimate of drug-likeness (QED) is 0.869. The van der Waals surface area contributed by atoms with Gasteiger partial charge in [-0.25, -0.2) is 0 Å². The van der Waals surface area contributed by atoms with E-state index in [2.05, 4.69) is 23.1 Å². The number of hydrogen-bond donors (Lipinski definition) is 1. The molecule has 2 rings (SSSR count). The van der Waals surface area contributed by atoms with Crippen LogP contribution >= 0.6 is 0 Å². The lowest BCUT2D eigenvalue weighted by Gasteiger charge is -2.19. The monoisotopic (exact) mass is 247 g/mol. The molecular weight excluding hydrogens is 226 g/mol. The zero-order chi connectivity index (χ0) is 13.0. The molecule has 3 nitrogen and oxygen atoms in total. The van der Waals surface area contributed by atoms with Crippen molar-refractivity contribution in [3.63, 3.8) is 0 Å². The Morgan fingerprint density at radius 3 is 2.72 bits per heavy atom. The Hall–Kier alpha value is -1.35. The van der Waals surface area contributed by atoms with Gasteiger partial charge >= 0.3 is 5.97 Å². The van der Waals surface area contributed by atoms with Crippen LogP contribution in [-0.2, 0) is 24.2 Å². The van der Waals surface area contributed by atoms with Gasteiger partial charge in [0.1, 0.15) is 0 Å². The van der Waals surface area contributed by atoms with Gasteiger partial charge in [-0.05, 0) is 49.4 Å². The number of benzene rings is 1. The molecule has 0 spiro atoms. The van der Waals surface area contributed by atoms with Crippen LogP contribution in [0, 0.1) is 0 Å². The van der Waals surface area contributed by atoms with E-state index in [1.54, 1.807) is 0 Å². The standard InChI is InChI=1S/C15H21NO2/c1-16(9-8-15(17)18)11-12-6-7-13-4-2-3-5-14(13)10-12/h6-7,10H,2-5,8-9,11H2,1H3,(H,17,18). The molecule has 1 N–H and O–H groups in total. The molecule has 0 bridgehead atoms. The van der Waals surface area contributed by atoms with Crippen molar-refractivity contribution in [2.24, 2.45) is 0 Å². The van der Waals surface area contributed by atoms with Crippen molar-refractivity contribution in [1.82, 2.24) is 4.90 Å². The molecule has 1 aromatic rings. The van der Waals surface area contributed by atoms with Gasteiger partial charge in [0.05, 0.1) is 6.42 Å². The lowest BCUT2D eigenvalue weighted by Crippen LogP contribution is -2.21. The van der Waals surface area contributed by atoms with E-state index < -0.39 is 5.97 Å². The van der Waals surface area contributed by atoms with Gasteiger partial charge in [-0.2, -0.15) is 0 Å². The molecule has 0 amide bonds. The average Bonchev–Trinajstić information content (AvgIpc) is 2.36. The van der Waals surface area contributed by atoms with E-state index in [0.29, 0.717) is 6.54 Å². The molecule has 0 saturated carbocycles. The first-order valence-electron chi connectivity index (χ1n) is 6.66. The van der Waals surface area contributed by atoms with Crippen LogP contribution in [0.2, 0.25) is 0 Å². The van der Waals surface area contributed by atoms with Gasteiger partial charge in [0.15, 0.2) is 0 Å². The second kappa shape index (κ2) is 6.01. The molecule has 3 heteroatoms. The number of rotatable bonds is 5. The van der Waals surface area contributed by atoms with Gasteiger partial charge in [0.25, 0.3) is 0 Å². The minimum absolute atomic E-state index is 0.210. The first-order chi connectivity index (χ1) is 8.65. The number of carboxylic acids is 1. The van der Waals surface area contributed by atoms with Crippen LogP contribution in [-0.4, -0.2) is 29.6 Å². The Labute approximate surface area is 108 Å². The Morgan fingerprint density at radius 1 is 1.28 bits per heavy atom. The molecule has 1 aromatic carbocycles. The fourth-order valence-electron chi connectivity index (χ4n) is 2.56. The van der Waals surface area contributed by atoms with Crippen molar-refractivity contribution >= 4 is 5.97 Å². The third kappa shape index (κ3) is 3.57. The molecule has 0 radical (unpaired) electrons. The zero-order valence-electron chi connectivity index (χ0n) is 11.0. The fraction of sp³-hybridized carbons (Fsp3) is 0.533. The number of aliphatic carboxylic acids is 1. The summed E-state index contributed by atoms with van der Waals surface area (Å²) in [5.41, 5.74) is 4.28. The van der Waals surface area contributed by atoms with Crippen molar-refractivity contribution in [1.29, 1.82) is 0 Å². The molecule has 0 fully saturated rings. The van der Waals surface area contributed by atoms with Crippen molar-refractivity contribution in [2.45, 2.75) is 38.6 Å². The van der Waals surface area contributed by atoms with Crippen LogP contribution in [0.3, 0.4) is 0 Å². The van der Waals surface area contributed by atoms with E-state index in [4.69, 9.17) is 5.11 Å². The molecule has 0 aromatic heterocycles. The van der Waals surface area contributed by atoms with Gasteiger partial charge in [0, 0.05) is 13.1 Å². The highest BCUT2D eigenvalue weighted by molar-refractivity contribution is 5.66. The molecule has 0 heterocycles. The molecule has 0 saturated heterocycles. The third-order valence-electron chi connectivity index (χ3n) is 3.57. The molecule has 98 valence electrons. The Morgan fingerprint density at radius 2 is 2.00 bits per heavy atom. The summed E-state index contributed by atoms with van der Waals surface area (Å²) in [6, 6.07) is 6.72. The predicted octanol–water partition coefficient (Wildman–Crippen LogP) is 2.47. The second-order valence-electron chi connectivity index (χ2n) is 5.19. The zero-order valence-corrected chi connectivity index (χ0v) is 11.0. The molecule has 1 aliphatic carbocycles. The number of fused-ring (bicyclic) bond motifs is 1. The lowest BCUT2D eigenvalue weighted by molar-refractivity contribution is -0.137. The summed E-state index contributed by atoms with van der Waals surface area (Å²) in [5, 5.41) is 8.66. The molecule has 0 unspecified atom stereocenters. The predicted molar refractivity (Wildman–Crippen MR) is 71.7 cm³/mol. The highest BCUT2D eigenvalue weighted by atomic mass is 16.4. The highest BCUT2D eigenvalue weighted by Crippen LogP contribution is 2.22. The van der Waals surface area contributed by atoms with E-state index in [9.17, 15) is 4.79 Å². The average molecular weight is 247 g/mol. The third-order valence-corrected chi connectivity index (χ3v) is 3.57. The van der Waals surface area contributed by atoms with Crippen LogP contribution in [0.1, 0.15) is 36.0 Å². The molecule has 0 atom stereocenters. The molecular formula is C15H21NO2. The molecule has 1 aliphatic rings. The maximum atomic E-state index is 10.5. The van der Waals surface area contributed by atoms with Gasteiger partial charge in [0.2, 0.25) is 0 Å². The number of carboxylic acid groups (broad SMARTS) is 1. The van der Waals surface area contributed by atoms with Crippen molar-refractivity contribution in [3.05, 3.63) is 34.9 Å². The highest BCUT2D eigenvalue weighted by Gasteiger charge is 2.10. The summed E-state index contributed by atoms with van der Waals surface area (Å²) in [6.07, 6.45) is 5.23. The van der Waals surface area contributed by atoms with E-state index in [0.717, 1.165) is 6.54 Å². The SMILES string of the molecule is CN(CCC(=O)O)Cc1ccc2c(c1)CCCC2. The van der Waals surface area contributed by atoms with Gasteiger partial charge in [-0.3, -0.25) is 4.79 Å². The topological polar surface area (TPSA) is 40.5 Å². The van der Waals surface area contributed by atoms with Crippen LogP contribution in [0.4, 0.5) is 0 Å². The number of carbonyl (C=O) groups is 1. The first-order valence-corrected chi connectivity index (χ1v) is 6.66. The van der Waals surface area contributed by atoms with Crippen molar-refractivity contribution < 1.29 is 9.90 Å². The van der Waals surface area contributed by atoms with Crippen LogP contribution in [0.5, 0.6) is 0 Å². The Kier molecular flexibility index (Phi) is 4.37. The van der Waals surface area contributed by atoms with E-state index in [1.165, 1.54) is 42.4 Å².